The largest absolute Gasteiger partial charge is 0.494 e. The van der Waals surface area contributed by atoms with Crippen molar-refractivity contribution in [3.05, 3.63) is 35.8 Å². The van der Waals surface area contributed by atoms with E-state index in [1.807, 2.05) is 5.32 Å². The minimum absolute atomic E-state index is 0.0174. The van der Waals surface area contributed by atoms with Gasteiger partial charge in [-0.1, -0.05) is 0 Å². The van der Waals surface area contributed by atoms with Crippen LogP contribution in [0.4, 0.5) is 27.4 Å². The quantitative estimate of drug-likeness (QED) is 0.319. The third kappa shape index (κ3) is 5.94. The molecule has 2 amide bonds. The number of amides is 2. The molecule has 13 nitrogen and oxygen atoms in total. The van der Waals surface area contributed by atoms with E-state index >= 15 is 0 Å². The molecule has 1 aliphatic carbocycles. The summed E-state index contributed by atoms with van der Waals surface area (Å²) in [5, 5.41) is 19.1. The molecular weight excluding hydrogens is 507 g/mol. The lowest BCUT2D eigenvalue weighted by Gasteiger charge is -2.16. The number of carbonyl (C=O) groups is 2. The minimum atomic E-state index is -3.63. The van der Waals surface area contributed by atoms with Gasteiger partial charge in [-0.3, -0.25) is 19.0 Å². The molecule has 0 atom stereocenters. The SMILES string of the molecule is [2H]C([2H])([2H])NC(=O)c1nnc(NC(=O)C2CC2)cc1Nc1cc(F)cc(-c2cc(NS(C)(=O)=O)n(C)n2)c1OC. The Morgan fingerprint density at radius 2 is 1.95 bits per heavy atom. The van der Waals surface area contributed by atoms with E-state index in [1.54, 1.807) is 0 Å². The van der Waals surface area contributed by atoms with E-state index < -0.39 is 34.4 Å². The first kappa shape index (κ1) is 22.0. The molecule has 1 aromatic carbocycles. The van der Waals surface area contributed by atoms with Gasteiger partial charge in [0, 0.05) is 47.8 Å². The zero-order valence-electron chi connectivity index (χ0n) is 22.9. The Morgan fingerprint density at radius 3 is 2.59 bits per heavy atom. The average molecular weight is 536 g/mol. The maximum Gasteiger partial charge on any atom is 0.273 e. The highest BCUT2D eigenvalue weighted by molar-refractivity contribution is 7.92. The fraction of sp³-hybridized carbons (Fsp3) is 0.318. The van der Waals surface area contributed by atoms with Crippen molar-refractivity contribution in [3.63, 3.8) is 0 Å². The van der Waals surface area contributed by atoms with Crippen molar-refractivity contribution in [2.45, 2.75) is 12.8 Å². The van der Waals surface area contributed by atoms with E-state index in [0.29, 0.717) is 0 Å². The summed E-state index contributed by atoms with van der Waals surface area (Å²) in [5.41, 5.74) is -0.307. The number of methoxy groups -OCH3 is 1. The van der Waals surface area contributed by atoms with Gasteiger partial charge in [-0.25, -0.2) is 12.8 Å². The number of carbonyl (C=O) groups excluding carboxylic acids is 2. The van der Waals surface area contributed by atoms with Gasteiger partial charge in [-0.05, 0) is 18.9 Å². The molecule has 2 aromatic heterocycles. The summed E-state index contributed by atoms with van der Waals surface area (Å²) in [6.07, 6.45) is 2.41. The number of hydrogen-bond donors (Lipinski definition) is 4. The molecule has 3 aromatic rings. The first-order chi connectivity index (χ1) is 18.6. The number of sulfonamides is 1. The van der Waals surface area contributed by atoms with E-state index in [4.69, 9.17) is 8.85 Å². The summed E-state index contributed by atoms with van der Waals surface area (Å²) in [7, 11) is -0.846. The Hall–Kier alpha value is -4.27. The standard InChI is InChI=1S/C22H25FN8O5S/c1-24-22(33)19-15(9-17(27-28-19)26-21(32)11-5-6-11)25-16-8-12(23)7-13(20(16)36-3)14-10-18(31(2)29-14)30-37(4,34)35/h7-11,30H,5-6H2,1-4H3,(H,24,33)(H2,25,26,27,32)/i1D3. The molecule has 2 heterocycles. The van der Waals surface area contributed by atoms with Gasteiger partial charge in [0.15, 0.2) is 17.3 Å². The van der Waals surface area contributed by atoms with Gasteiger partial charge in [0.2, 0.25) is 15.9 Å². The molecule has 15 heteroatoms. The van der Waals surface area contributed by atoms with Crippen LogP contribution in [0.15, 0.2) is 24.3 Å². The Labute approximate surface area is 216 Å². The molecule has 0 radical (unpaired) electrons. The van der Waals surface area contributed by atoms with Gasteiger partial charge in [0.1, 0.15) is 11.6 Å². The average Bonchev–Trinajstić information content (AvgIpc) is 3.61. The summed E-state index contributed by atoms with van der Waals surface area (Å²) >= 11 is 0. The summed E-state index contributed by atoms with van der Waals surface area (Å²) in [6.45, 7) is -2.84. The second-order valence-electron chi connectivity index (χ2n) is 8.28. The molecule has 0 spiro atoms. The predicted molar refractivity (Wildman–Crippen MR) is 134 cm³/mol. The first-order valence-corrected chi connectivity index (χ1v) is 12.7. The number of aryl methyl sites for hydroxylation is 1. The van der Waals surface area contributed by atoms with Crippen LogP contribution in [0.2, 0.25) is 0 Å². The topological polar surface area (TPSA) is 169 Å². The zero-order chi connectivity index (χ0) is 29.4. The molecular formula is C22H25FN8O5S. The number of anilines is 4. The summed E-state index contributed by atoms with van der Waals surface area (Å²) < 4.78 is 69.3. The second-order valence-corrected chi connectivity index (χ2v) is 10.0. The number of rotatable bonds is 9. The lowest BCUT2D eigenvalue weighted by atomic mass is 10.1. The highest BCUT2D eigenvalue weighted by Gasteiger charge is 2.30. The van der Waals surface area contributed by atoms with Crippen LogP contribution in [-0.4, -0.2) is 60.6 Å². The van der Waals surface area contributed by atoms with Crippen molar-refractivity contribution < 1.29 is 31.2 Å². The lowest BCUT2D eigenvalue weighted by Crippen LogP contribution is -2.22. The fourth-order valence-corrected chi connectivity index (χ4v) is 4.05. The Morgan fingerprint density at radius 1 is 1.19 bits per heavy atom. The van der Waals surface area contributed by atoms with Gasteiger partial charge < -0.3 is 20.7 Å². The molecule has 0 saturated heterocycles. The second kappa shape index (κ2) is 10.0. The monoisotopic (exact) mass is 535 g/mol. The molecule has 4 N–H and O–H groups in total. The van der Waals surface area contributed by atoms with Gasteiger partial charge >= 0.3 is 0 Å². The highest BCUT2D eigenvalue weighted by atomic mass is 32.2. The summed E-state index contributed by atoms with van der Waals surface area (Å²) in [6, 6.07) is 4.79. The molecule has 0 unspecified atom stereocenters. The number of nitrogens with zero attached hydrogens (tertiary/aromatic N) is 4. The number of halogens is 1. The van der Waals surface area contributed by atoms with Gasteiger partial charge in [-0.2, -0.15) is 5.10 Å². The normalized spacial score (nSPS) is 14.6. The van der Waals surface area contributed by atoms with Crippen LogP contribution < -0.4 is 25.4 Å². The van der Waals surface area contributed by atoms with Crippen molar-refractivity contribution in [2.75, 3.05) is 35.7 Å². The predicted octanol–water partition coefficient (Wildman–Crippen LogP) is 1.85. The summed E-state index contributed by atoms with van der Waals surface area (Å²) in [4.78, 5) is 25.0. The molecule has 196 valence electrons. The molecule has 0 bridgehead atoms. The molecule has 0 aliphatic heterocycles. The number of nitrogens with one attached hydrogen (secondary N) is 4. The number of aromatic nitrogens is 4. The Bertz CT molecular complexity index is 1590. The first-order valence-electron chi connectivity index (χ1n) is 12.3. The van der Waals surface area contributed by atoms with Crippen LogP contribution in [0.25, 0.3) is 11.3 Å². The van der Waals surface area contributed by atoms with Crippen molar-refractivity contribution in [2.24, 2.45) is 13.0 Å². The van der Waals surface area contributed by atoms with Crippen LogP contribution in [0.3, 0.4) is 0 Å². The van der Waals surface area contributed by atoms with Gasteiger partial charge in [-0.15, -0.1) is 10.2 Å². The minimum Gasteiger partial charge on any atom is -0.494 e. The molecule has 1 aliphatic rings. The maximum atomic E-state index is 14.9. The Kier molecular flexibility index (Phi) is 5.94. The van der Waals surface area contributed by atoms with E-state index in [9.17, 15) is 22.4 Å². The van der Waals surface area contributed by atoms with E-state index in [1.165, 1.54) is 31.0 Å². The van der Waals surface area contributed by atoms with E-state index in [0.717, 1.165) is 31.2 Å². The van der Waals surface area contributed by atoms with Crippen molar-refractivity contribution >= 4 is 44.8 Å². The van der Waals surface area contributed by atoms with Crippen LogP contribution in [0.5, 0.6) is 5.75 Å². The number of hydrogen-bond acceptors (Lipinski definition) is 9. The summed E-state index contributed by atoms with van der Waals surface area (Å²) in [5.74, 6) is -2.18. The third-order valence-electron chi connectivity index (χ3n) is 5.29. The van der Waals surface area contributed by atoms with Crippen molar-refractivity contribution in [3.8, 4) is 17.0 Å². The molecule has 1 fully saturated rings. The van der Waals surface area contributed by atoms with Crippen LogP contribution in [-0.2, 0) is 21.9 Å². The highest BCUT2D eigenvalue weighted by Crippen LogP contribution is 2.40. The maximum absolute atomic E-state index is 14.9. The smallest absolute Gasteiger partial charge is 0.273 e. The van der Waals surface area contributed by atoms with Gasteiger partial charge in [0.05, 0.1) is 30.4 Å². The molecule has 1 saturated carbocycles. The van der Waals surface area contributed by atoms with Crippen LogP contribution in [0.1, 0.15) is 27.4 Å². The molecule has 37 heavy (non-hydrogen) atoms. The molecule has 4 rings (SSSR count). The Balaban J connectivity index is 1.77. The van der Waals surface area contributed by atoms with Crippen molar-refractivity contribution in [1.29, 1.82) is 0 Å². The van der Waals surface area contributed by atoms with E-state index in [-0.39, 0.29) is 51.8 Å². The number of benzene rings is 1. The van der Waals surface area contributed by atoms with Gasteiger partial charge in [0.25, 0.3) is 5.91 Å². The van der Waals surface area contributed by atoms with Crippen LogP contribution in [0, 0.1) is 11.7 Å². The van der Waals surface area contributed by atoms with Crippen LogP contribution >= 0.6 is 0 Å². The number of ether oxygens (including phenoxy) is 1. The fourth-order valence-electron chi connectivity index (χ4n) is 3.47. The van der Waals surface area contributed by atoms with E-state index in [2.05, 4.69) is 30.7 Å². The zero-order valence-corrected chi connectivity index (χ0v) is 20.7. The van der Waals surface area contributed by atoms with Crippen molar-refractivity contribution in [1.82, 2.24) is 25.3 Å². The third-order valence-corrected chi connectivity index (χ3v) is 5.87. The lowest BCUT2D eigenvalue weighted by molar-refractivity contribution is -0.117.